The highest BCUT2D eigenvalue weighted by atomic mass is 32.1. The molecule has 1 saturated heterocycles. The number of hydrogen-bond donors (Lipinski definition) is 4. The first-order chi connectivity index (χ1) is 29.2. The lowest BCUT2D eigenvalue weighted by Gasteiger charge is -2.40. The van der Waals surface area contributed by atoms with Crippen molar-refractivity contribution in [2.24, 2.45) is 17.1 Å². The number of primary amides is 1. The number of thiophene rings is 1. The molecule has 61 heavy (non-hydrogen) atoms. The molecule has 2 atom stereocenters. The van der Waals surface area contributed by atoms with Crippen LogP contribution in [0.5, 0.6) is 0 Å². The number of piperazine rings is 1. The SMILES string of the molecule is CCn1cc(C(=O)O)c(=O)c2cc(F)c(N3CCN(C(=O)OCc4ccc(NC(=O)[C@H](CCCNC(N)=O)CC(=O)C5(C(=O)C[C@H](C)c6cccs6)CCC5)cc4)CC3)cc21. The molecular formula is C44H51FN6O9S. The molecule has 2 aromatic carbocycles. The second kappa shape index (κ2) is 19.5. The minimum absolute atomic E-state index is 0.0151. The monoisotopic (exact) mass is 858 g/mol. The van der Waals surface area contributed by atoms with Crippen LogP contribution in [0.25, 0.3) is 10.9 Å². The molecule has 5 N–H and O–H groups in total. The zero-order chi connectivity index (χ0) is 43.8. The molecule has 4 aromatic rings. The topological polar surface area (TPSA) is 210 Å². The summed E-state index contributed by atoms with van der Waals surface area (Å²) in [5, 5.41) is 16.8. The van der Waals surface area contributed by atoms with Gasteiger partial charge in [-0.15, -0.1) is 11.3 Å². The number of fused-ring (bicyclic) bond motifs is 1. The largest absolute Gasteiger partial charge is 0.477 e. The number of carboxylic acids is 1. The predicted octanol–water partition coefficient (Wildman–Crippen LogP) is 6.27. The number of benzene rings is 2. The van der Waals surface area contributed by atoms with Crippen molar-refractivity contribution in [1.29, 1.82) is 0 Å². The summed E-state index contributed by atoms with van der Waals surface area (Å²) in [5.74, 6) is -3.53. The molecule has 6 rings (SSSR count). The third-order valence-electron chi connectivity index (χ3n) is 11.8. The molecule has 3 heterocycles. The van der Waals surface area contributed by atoms with Gasteiger partial charge in [0.15, 0.2) is 0 Å². The van der Waals surface area contributed by atoms with Crippen LogP contribution in [0.1, 0.15) is 85.5 Å². The highest BCUT2D eigenvalue weighted by Gasteiger charge is 2.50. The van der Waals surface area contributed by atoms with E-state index in [9.17, 15) is 38.7 Å². The Balaban J connectivity index is 1.02. The number of nitrogens with one attached hydrogen (secondary N) is 2. The van der Waals surface area contributed by atoms with Gasteiger partial charge >= 0.3 is 18.1 Å². The number of amides is 4. The van der Waals surface area contributed by atoms with E-state index in [1.165, 1.54) is 17.2 Å². The summed E-state index contributed by atoms with van der Waals surface area (Å²) < 4.78 is 22.5. The molecule has 2 fully saturated rings. The van der Waals surface area contributed by atoms with Gasteiger partial charge in [-0.2, -0.15) is 0 Å². The van der Waals surface area contributed by atoms with Gasteiger partial charge in [0.25, 0.3) is 0 Å². The van der Waals surface area contributed by atoms with Gasteiger partial charge in [0.05, 0.1) is 16.6 Å². The second-order valence-corrected chi connectivity index (χ2v) is 16.7. The molecule has 15 nitrogen and oxygen atoms in total. The lowest BCUT2D eigenvalue weighted by atomic mass is 9.60. The zero-order valence-corrected chi connectivity index (χ0v) is 35.1. The van der Waals surface area contributed by atoms with E-state index in [0.29, 0.717) is 42.6 Å². The van der Waals surface area contributed by atoms with Crippen LogP contribution < -0.4 is 26.7 Å². The summed E-state index contributed by atoms with van der Waals surface area (Å²) in [6, 6.07) is 12.6. The number of halogens is 1. The van der Waals surface area contributed by atoms with Crippen LogP contribution in [0, 0.1) is 17.2 Å². The summed E-state index contributed by atoms with van der Waals surface area (Å²) in [6.45, 7) is 5.37. The first kappa shape index (κ1) is 44.5. The number of aromatic nitrogens is 1. The van der Waals surface area contributed by atoms with Crippen molar-refractivity contribution in [3.8, 4) is 0 Å². The number of aryl methyl sites for hydroxylation is 1. The normalized spacial score (nSPS) is 15.7. The number of anilines is 2. The predicted molar refractivity (Wildman–Crippen MR) is 228 cm³/mol. The van der Waals surface area contributed by atoms with Crippen LogP contribution in [0.3, 0.4) is 0 Å². The number of aromatic carboxylic acids is 1. The van der Waals surface area contributed by atoms with Crippen molar-refractivity contribution in [3.63, 3.8) is 0 Å². The van der Waals surface area contributed by atoms with Crippen LogP contribution in [0.4, 0.5) is 25.4 Å². The van der Waals surface area contributed by atoms with E-state index in [-0.39, 0.29) is 87.2 Å². The van der Waals surface area contributed by atoms with Crippen LogP contribution in [0.2, 0.25) is 0 Å². The fraction of sp³-hybridized carbons (Fsp3) is 0.432. The number of ether oxygens (including phenoxy) is 1. The Kier molecular flexibility index (Phi) is 14.2. The third-order valence-corrected chi connectivity index (χ3v) is 12.9. The smallest absolute Gasteiger partial charge is 0.410 e. The molecule has 1 saturated carbocycles. The Morgan fingerprint density at radius 3 is 2.31 bits per heavy atom. The quantitative estimate of drug-likeness (QED) is 0.0651. The molecule has 324 valence electrons. The average Bonchev–Trinajstić information content (AvgIpc) is 3.77. The maximum Gasteiger partial charge on any atom is 0.410 e. The molecule has 2 aliphatic rings. The number of pyridine rings is 1. The second-order valence-electron chi connectivity index (χ2n) is 15.7. The van der Waals surface area contributed by atoms with Crippen molar-refractivity contribution in [2.45, 2.75) is 77.9 Å². The minimum atomic E-state index is -1.38. The van der Waals surface area contributed by atoms with Gasteiger partial charge in [-0.05, 0) is 79.8 Å². The Hall–Kier alpha value is -6.10. The number of carbonyl (C=O) groups excluding carboxylic acids is 5. The molecular weight excluding hydrogens is 808 g/mol. The van der Waals surface area contributed by atoms with Crippen LogP contribution in [-0.2, 0) is 32.3 Å². The van der Waals surface area contributed by atoms with E-state index in [1.807, 2.05) is 24.4 Å². The van der Waals surface area contributed by atoms with Crippen LogP contribution in [-0.4, -0.2) is 82.9 Å². The fourth-order valence-corrected chi connectivity index (χ4v) is 8.83. The van der Waals surface area contributed by atoms with Crippen molar-refractivity contribution in [3.05, 3.63) is 92.2 Å². The third kappa shape index (κ3) is 10.3. The lowest BCUT2D eigenvalue weighted by Crippen LogP contribution is -2.49. The van der Waals surface area contributed by atoms with Crippen LogP contribution >= 0.6 is 11.3 Å². The van der Waals surface area contributed by atoms with E-state index in [2.05, 4.69) is 10.6 Å². The molecule has 0 unspecified atom stereocenters. The van der Waals surface area contributed by atoms with Gasteiger partial charge < -0.3 is 40.6 Å². The van der Waals surface area contributed by atoms with E-state index in [1.54, 1.807) is 52.0 Å². The standard InChI is InChI=1S/C44H51FN6O9S/c1-3-49-25-32(41(56)57)39(54)31-23-33(45)35(24-34(31)49)50-16-18-51(19-17-50)43(59)60-26-28-9-11-30(12-10-28)48-40(55)29(7-4-15-47-42(46)58)22-38(53)44(13-6-14-44)37(52)21-27(2)36-8-5-20-61-36/h5,8-12,20,23-25,27,29H,3-4,6-7,13-19,21-22,26H2,1-2H3,(H,48,55)(H,56,57)(H3,46,47,58)/t27-,29+/m0/s1. The number of hydrogen-bond acceptors (Lipinski definition) is 10. The highest BCUT2D eigenvalue weighted by molar-refractivity contribution is 7.10. The van der Waals surface area contributed by atoms with E-state index in [0.717, 1.165) is 17.4 Å². The lowest BCUT2D eigenvalue weighted by molar-refractivity contribution is -0.148. The number of Topliss-reactive ketones (excluding diaryl/α,β-unsaturated/α-hetero) is 2. The Bertz CT molecular complexity index is 2340. The molecule has 0 spiro atoms. The maximum absolute atomic E-state index is 15.3. The number of carboxylic acid groups (broad SMARTS) is 1. The van der Waals surface area contributed by atoms with Crippen molar-refractivity contribution < 1.29 is 43.0 Å². The fourth-order valence-electron chi connectivity index (χ4n) is 8.04. The van der Waals surface area contributed by atoms with E-state index >= 15 is 4.39 Å². The summed E-state index contributed by atoms with van der Waals surface area (Å²) in [7, 11) is 0. The first-order valence-corrected chi connectivity index (χ1v) is 21.4. The number of urea groups is 1. The van der Waals surface area contributed by atoms with Gasteiger partial charge in [-0.1, -0.05) is 31.5 Å². The van der Waals surface area contributed by atoms with Gasteiger partial charge in [-0.3, -0.25) is 19.2 Å². The molecule has 0 radical (unpaired) electrons. The number of nitrogens with zero attached hydrogens (tertiary/aromatic N) is 3. The van der Waals surface area contributed by atoms with E-state index in [4.69, 9.17) is 10.5 Å². The van der Waals surface area contributed by atoms with Crippen molar-refractivity contribution in [2.75, 3.05) is 42.9 Å². The molecule has 1 aliphatic carbocycles. The van der Waals surface area contributed by atoms with Gasteiger partial charge in [0, 0.05) is 80.2 Å². The maximum atomic E-state index is 15.3. The molecule has 1 aliphatic heterocycles. The molecule has 17 heteroatoms. The number of rotatable bonds is 18. The number of carbonyl (C=O) groups is 6. The Morgan fingerprint density at radius 1 is 1.00 bits per heavy atom. The molecule has 2 aromatic heterocycles. The van der Waals surface area contributed by atoms with Gasteiger partial charge in [0.2, 0.25) is 11.3 Å². The summed E-state index contributed by atoms with van der Waals surface area (Å²) in [6.07, 6.45) is 3.22. The summed E-state index contributed by atoms with van der Waals surface area (Å²) in [5.41, 5.74) is 4.70. The van der Waals surface area contributed by atoms with E-state index < -0.39 is 52.1 Å². The Morgan fingerprint density at radius 2 is 1.70 bits per heavy atom. The summed E-state index contributed by atoms with van der Waals surface area (Å²) in [4.78, 5) is 94.1. The first-order valence-electron chi connectivity index (χ1n) is 20.5. The number of ketones is 2. The minimum Gasteiger partial charge on any atom is -0.477 e. The van der Waals surface area contributed by atoms with Gasteiger partial charge in [-0.25, -0.2) is 18.8 Å². The Labute approximate surface area is 356 Å². The average molecular weight is 859 g/mol. The number of nitrogens with two attached hydrogens (primary N) is 1. The molecule has 4 amide bonds. The molecule has 0 bridgehead atoms. The van der Waals surface area contributed by atoms with Crippen molar-refractivity contribution in [1.82, 2.24) is 14.8 Å². The van der Waals surface area contributed by atoms with Gasteiger partial charge in [0.1, 0.15) is 29.6 Å². The highest BCUT2D eigenvalue weighted by Crippen LogP contribution is 2.46. The summed E-state index contributed by atoms with van der Waals surface area (Å²) >= 11 is 1.58. The van der Waals surface area contributed by atoms with Crippen LogP contribution in [0.15, 0.2) is 64.9 Å². The van der Waals surface area contributed by atoms with Crippen molar-refractivity contribution >= 4 is 69.2 Å². The zero-order valence-electron chi connectivity index (χ0n) is 34.2.